The number of nitrogens with one attached hydrogen (secondary N) is 1. The number of rotatable bonds is 5. The van der Waals surface area contributed by atoms with Crippen LogP contribution in [0.15, 0.2) is 28.6 Å². The zero-order valence-corrected chi connectivity index (χ0v) is 13.1. The van der Waals surface area contributed by atoms with Gasteiger partial charge in [0.15, 0.2) is 4.34 Å². The first kappa shape index (κ1) is 15.8. The molecule has 2 aromatic rings. The molecule has 0 fully saturated rings. The zero-order chi connectivity index (χ0) is 15.6. The highest BCUT2D eigenvalue weighted by Crippen LogP contribution is 2.36. The third-order valence-electron chi connectivity index (χ3n) is 2.55. The number of hydrogen-bond donors (Lipinski definition) is 1. The van der Waals surface area contributed by atoms with Crippen molar-refractivity contribution in [1.29, 1.82) is 0 Å². The Labute approximate surface area is 129 Å². The van der Waals surface area contributed by atoms with Gasteiger partial charge in [0, 0.05) is 24.5 Å². The summed E-state index contributed by atoms with van der Waals surface area (Å²) in [4.78, 5) is 14.0. The van der Waals surface area contributed by atoms with Crippen molar-refractivity contribution in [3.63, 3.8) is 0 Å². The number of thiophene rings is 1. The maximum atomic E-state index is 12.1. The number of aromatic nitrogens is 1. The van der Waals surface area contributed by atoms with Gasteiger partial charge in [-0.05, 0) is 18.6 Å². The fraction of sp³-hybridized carbons (Fsp3) is 0.182. The lowest BCUT2D eigenvalue weighted by atomic mass is 10.2. The fourth-order valence-corrected chi connectivity index (χ4v) is 4.17. The first-order chi connectivity index (χ1) is 9.79. The van der Waals surface area contributed by atoms with Gasteiger partial charge >= 0.3 is 0 Å². The van der Waals surface area contributed by atoms with Crippen LogP contribution in [0.25, 0.3) is 0 Å². The summed E-state index contributed by atoms with van der Waals surface area (Å²) in [6.07, 6.45) is 1.56. The van der Waals surface area contributed by atoms with E-state index in [1.807, 2.05) is 6.92 Å². The summed E-state index contributed by atoms with van der Waals surface area (Å²) in [5.74, 6) is 0. The molecule has 112 valence electrons. The second-order valence-corrected chi connectivity index (χ2v) is 7.76. The highest BCUT2D eigenvalue weighted by atomic mass is 35.5. The SMILES string of the molecule is Cc1ccc(CNS(=O)(=O)c2cc([N+](=O)[O-])c(Cl)s2)cn1. The summed E-state index contributed by atoms with van der Waals surface area (Å²) in [6, 6.07) is 4.45. The van der Waals surface area contributed by atoms with Gasteiger partial charge in [-0.3, -0.25) is 15.1 Å². The molecule has 2 rings (SSSR count). The number of pyridine rings is 1. The Morgan fingerprint density at radius 3 is 2.71 bits per heavy atom. The number of hydrogen-bond acceptors (Lipinski definition) is 6. The lowest BCUT2D eigenvalue weighted by molar-refractivity contribution is -0.384. The van der Waals surface area contributed by atoms with Gasteiger partial charge in [0.05, 0.1) is 4.92 Å². The summed E-state index contributed by atoms with van der Waals surface area (Å²) in [5, 5.41) is 10.7. The Balaban J connectivity index is 2.17. The smallest absolute Gasteiger partial charge is 0.261 e. The van der Waals surface area contributed by atoms with E-state index >= 15 is 0 Å². The highest BCUT2D eigenvalue weighted by Gasteiger charge is 2.25. The lowest BCUT2D eigenvalue weighted by Crippen LogP contribution is -2.22. The van der Waals surface area contributed by atoms with E-state index in [0.717, 1.165) is 11.8 Å². The molecule has 0 saturated heterocycles. The van der Waals surface area contributed by atoms with Crippen LogP contribution in [0.2, 0.25) is 4.34 Å². The molecular weight excluding hydrogens is 338 g/mol. The molecule has 10 heteroatoms. The quantitative estimate of drug-likeness (QED) is 0.661. The summed E-state index contributed by atoms with van der Waals surface area (Å²) in [5.41, 5.74) is 1.09. The van der Waals surface area contributed by atoms with E-state index in [4.69, 9.17) is 11.6 Å². The largest absolute Gasteiger partial charge is 0.300 e. The summed E-state index contributed by atoms with van der Waals surface area (Å²) < 4.78 is 26.1. The maximum absolute atomic E-state index is 12.1. The molecule has 0 radical (unpaired) electrons. The van der Waals surface area contributed by atoms with E-state index in [-0.39, 0.29) is 15.1 Å². The fourth-order valence-electron chi connectivity index (χ4n) is 1.45. The van der Waals surface area contributed by atoms with Crippen LogP contribution >= 0.6 is 22.9 Å². The van der Waals surface area contributed by atoms with Crippen molar-refractivity contribution >= 4 is 38.6 Å². The van der Waals surface area contributed by atoms with Crippen molar-refractivity contribution in [2.75, 3.05) is 0 Å². The molecule has 2 aromatic heterocycles. The third-order valence-corrected chi connectivity index (χ3v) is 5.76. The molecular formula is C11H10ClN3O4S2. The normalized spacial score (nSPS) is 11.5. The maximum Gasteiger partial charge on any atom is 0.300 e. The average Bonchev–Trinajstić information content (AvgIpc) is 2.81. The predicted octanol–water partition coefficient (Wildman–Crippen LogP) is 2.49. The van der Waals surface area contributed by atoms with Gasteiger partial charge in [0.2, 0.25) is 0 Å². The Kier molecular flexibility index (Phi) is 4.57. The number of nitrogens with zero attached hydrogens (tertiary/aromatic N) is 2. The van der Waals surface area contributed by atoms with Crippen molar-refractivity contribution in [3.05, 3.63) is 50.1 Å². The monoisotopic (exact) mass is 347 g/mol. The highest BCUT2D eigenvalue weighted by molar-refractivity contribution is 7.91. The molecule has 0 aliphatic rings. The van der Waals surface area contributed by atoms with Crippen molar-refractivity contribution in [1.82, 2.24) is 9.71 Å². The van der Waals surface area contributed by atoms with Crippen molar-refractivity contribution in [3.8, 4) is 0 Å². The molecule has 0 aromatic carbocycles. The third kappa shape index (κ3) is 3.76. The second kappa shape index (κ2) is 6.06. The Morgan fingerprint density at radius 2 is 2.19 bits per heavy atom. The Bertz CT molecular complexity index is 771. The van der Waals surface area contributed by atoms with Crippen LogP contribution in [0.5, 0.6) is 0 Å². The van der Waals surface area contributed by atoms with Crippen LogP contribution in [-0.4, -0.2) is 18.3 Å². The number of nitro groups is 1. The minimum Gasteiger partial charge on any atom is -0.261 e. The van der Waals surface area contributed by atoms with Crippen molar-refractivity contribution in [2.45, 2.75) is 17.7 Å². The minimum absolute atomic E-state index is 0.0406. The Morgan fingerprint density at radius 1 is 1.48 bits per heavy atom. The number of sulfonamides is 1. The first-order valence-electron chi connectivity index (χ1n) is 5.64. The Hall–Kier alpha value is -1.55. The molecule has 2 heterocycles. The summed E-state index contributed by atoms with van der Waals surface area (Å²) in [7, 11) is -3.85. The van der Waals surface area contributed by atoms with E-state index in [9.17, 15) is 18.5 Å². The molecule has 0 atom stereocenters. The molecule has 0 aliphatic heterocycles. The van der Waals surface area contributed by atoms with Crippen LogP contribution in [0.1, 0.15) is 11.3 Å². The van der Waals surface area contributed by atoms with Gasteiger partial charge in [-0.25, -0.2) is 13.1 Å². The minimum atomic E-state index is -3.85. The standard InChI is InChI=1S/C11H10ClN3O4S2/c1-7-2-3-8(5-13-7)6-14-21(18,19)10-4-9(15(16)17)11(12)20-10/h2-5,14H,6H2,1H3. The van der Waals surface area contributed by atoms with Gasteiger partial charge in [-0.15, -0.1) is 11.3 Å². The van der Waals surface area contributed by atoms with E-state index < -0.39 is 20.6 Å². The van der Waals surface area contributed by atoms with Crippen LogP contribution in [-0.2, 0) is 16.6 Å². The molecule has 0 saturated carbocycles. The molecule has 0 aliphatic carbocycles. The summed E-state index contributed by atoms with van der Waals surface area (Å²) >= 11 is 6.30. The molecule has 0 amide bonds. The van der Waals surface area contributed by atoms with Gasteiger partial charge < -0.3 is 0 Å². The molecule has 0 unspecified atom stereocenters. The van der Waals surface area contributed by atoms with Crippen molar-refractivity contribution in [2.24, 2.45) is 0 Å². The van der Waals surface area contributed by atoms with Crippen LogP contribution < -0.4 is 4.72 Å². The summed E-state index contributed by atoms with van der Waals surface area (Å²) in [6.45, 7) is 1.86. The lowest BCUT2D eigenvalue weighted by Gasteiger charge is -2.04. The molecule has 1 N–H and O–H groups in total. The number of halogens is 1. The average molecular weight is 348 g/mol. The van der Waals surface area contributed by atoms with Gasteiger partial charge in [0.1, 0.15) is 4.21 Å². The first-order valence-corrected chi connectivity index (χ1v) is 8.32. The van der Waals surface area contributed by atoms with Crippen molar-refractivity contribution < 1.29 is 13.3 Å². The zero-order valence-electron chi connectivity index (χ0n) is 10.7. The predicted molar refractivity (Wildman–Crippen MR) is 79.0 cm³/mol. The van der Waals surface area contributed by atoms with Crippen LogP contribution in [0.3, 0.4) is 0 Å². The molecule has 0 bridgehead atoms. The van der Waals surface area contributed by atoms with Crippen LogP contribution in [0.4, 0.5) is 5.69 Å². The molecule has 0 spiro atoms. The van der Waals surface area contributed by atoms with Gasteiger partial charge in [-0.2, -0.15) is 0 Å². The van der Waals surface area contributed by atoms with E-state index in [0.29, 0.717) is 16.9 Å². The van der Waals surface area contributed by atoms with E-state index in [2.05, 4.69) is 9.71 Å². The second-order valence-electron chi connectivity index (χ2n) is 4.11. The van der Waals surface area contributed by atoms with Gasteiger partial charge in [-0.1, -0.05) is 17.7 Å². The van der Waals surface area contributed by atoms with Gasteiger partial charge in [0.25, 0.3) is 15.7 Å². The van der Waals surface area contributed by atoms with E-state index in [1.165, 1.54) is 0 Å². The topological polar surface area (TPSA) is 102 Å². The molecule has 7 nitrogen and oxygen atoms in total. The molecule has 21 heavy (non-hydrogen) atoms. The number of aryl methyl sites for hydroxylation is 1. The van der Waals surface area contributed by atoms with Crippen LogP contribution in [0, 0.1) is 17.0 Å². The van der Waals surface area contributed by atoms with E-state index in [1.54, 1.807) is 18.3 Å².